The van der Waals surface area contributed by atoms with Crippen LogP contribution in [0.3, 0.4) is 0 Å². The van der Waals surface area contributed by atoms with Crippen LogP contribution in [0.15, 0.2) is 20.8 Å². The number of rotatable bonds is 7. The molecule has 0 atom stereocenters. The van der Waals surface area contributed by atoms with Gasteiger partial charge in [0.05, 0.1) is 12.7 Å². The number of hydrogen-bond donors (Lipinski definition) is 2. The molecule has 1 heterocycles. The predicted octanol–water partition coefficient (Wildman–Crippen LogP) is 0.130. The highest BCUT2D eigenvalue weighted by atomic mass is 19.1. The molecule has 0 saturated carbocycles. The second-order valence-corrected chi connectivity index (χ2v) is 4.23. The van der Waals surface area contributed by atoms with E-state index in [1.165, 1.54) is 6.08 Å². The Balaban J connectivity index is 2.35. The molecule has 114 valence electrons. The molecule has 0 radical (unpaired) electrons. The van der Waals surface area contributed by atoms with Crippen molar-refractivity contribution in [2.45, 2.75) is 25.7 Å². The second kappa shape index (κ2) is 8.60. The highest BCUT2D eigenvalue weighted by Gasteiger charge is 2.09. The molecule has 0 aliphatic heterocycles. The van der Waals surface area contributed by atoms with Gasteiger partial charge in [-0.3, -0.25) is 9.78 Å². The van der Waals surface area contributed by atoms with Gasteiger partial charge in [0.15, 0.2) is 0 Å². The lowest BCUT2D eigenvalue weighted by atomic mass is 10.2. The summed E-state index contributed by atoms with van der Waals surface area (Å²) in [6.07, 6.45) is 5.07. The molecule has 0 aliphatic carbocycles. The maximum absolute atomic E-state index is 13.0. The summed E-state index contributed by atoms with van der Waals surface area (Å²) < 4.78 is 13.5. The Kier molecular flexibility index (Phi) is 6.76. The van der Waals surface area contributed by atoms with Gasteiger partial charge in [-0.25, -0.2) is 23.9 Å². The highest BCUT2D eigenvalue weighted by molar-refractivity contribution is 5.76. The number of H-pyrrole nitrogens is 1. The fourth-order valence-corrected chi connectivity index (χ4v) is 1.59. The Morgan fingerprint density at radius 3 is 2.76 bits per heavy atom. The largest absolute Gasteiger partial charge is 0.337 e. The molecule has 8 nitrogen and oxygen atoms in total. The van der Waals surface area contributed by atoms with Gasteiger partial charge >= 0.3 is 11.7 Å². The molecular weight excluding hydrogens is 283 g/mol. The van der Waals surface area contributed by atoms with Crippen LogP contribution < -0.4 is 16.6 Å². The summed E-state index contributed by atoms with van der Waals surface area (Å²) in [5.41, 5.74) is -2.16. The van der Waals surface area contributed by atoms with Gasteiger partial charge in [-0.2, -0.15) is 4.39 Å². The molecule has 2 N–H and O–H groups in total. The molecule has 1 rings (SSSR count). The SMILES string of the molecule is O=C=NCCCCCCNC(=O)n1cc(F)c(=O)[nH]c1=O. The Bertz CT molecular complexity index is 645. The van der Waals surface area contributed by atoms with Crippen LogP contribution in [0.1, 0.15) is 25.7 Å². The van der Waals surface area contributed by atoms with Crippen molar-refractivity contribution in [2.75, 3.05) is 13.1 Å². The number of unbranched alkanes of at least 4 members (excludes halogenated alkanes) is 3. The number of halogens is 1. The summed E-state index contributed by atoms with van der Waals surface area (Å²) in [7, 11) is 0. The minimum absolute atomic E-state index is 0.308. The van der Waals surface area contributed by atoms with Crippen molar-refractivity contribution >= 4 is 12.1 Å². The van der Waals surface area contributed by atoms with Gasteiger partial charge in [-0.1, -0.05) is 12.8 Å². The van der Waals surface area contributed by atoms with Crippen molar-refractivity contribution in [3.8, 4) is 0 Å². The number of aliphatic imine (C=N–C) groups is 1. The van der Waals surface area contributed by atoms with Gasteiger partial charge in [0.2, 0.25) is 11.9 Å². The summed E-state index contributed by atoms with van der Waals surface area (Å²) in [6.45, 7) is 0.741. The van der Waals surface area contributed by atoms with E-state index in [1.807, 2.05) is 0 Å². The molecule has 9 heteroatoms. The third kappa shape index (κ3) is 5.53. The standard InChI is InChI=1S/C12H15FN4O4/c13-9-7-17(12(21)16-10(9)19)11(20)15-6-4-2-1-3-5-14-8-18/h7H,1-6H2,(H,15,20)(H,16,19,21). The van der Waals surface area contributed by atoms with Crippen molar-refractivity contribution in [1.82, 2.24) is 14.9 Å². The Hall–Kier alpha value is -2.54. The molecule has 0 saturated heterocycles. The first-order chi connectivity index (χ1) is 10.1. The molecule has 0 aliphatic rings. The lowest BCUT2D eigenvalue weighted by Gasteiger charge is -2.06. The second-order valence-electron chi connectivity index (χ2n) is 4.23. The van der Waals surface area contributed by atoms with Crippen molar-refractivity contribution in [1.29, 1.82) is 0 Å². The van der Waals surface area contributed by atoms with Crippen molar-refractivity contribution in [3.63, 3.8) is 0 Å². The van der Waals surface area contributed by atoms with Crippen LogP contribution >= 0.6 is 0 Å². The first-order valence-corrected chi connectivity index (χ1v) is 6.39. The first kappa shape index (κ1) is 16.5. The van der Waals surface area contributed by atoms with Gasteiger partial charge in [0.1, 0.15) is 0 Å². The third-order valence-corrected chi connectivity index (χ3v) is 2.65. The number of aromatic amines is 1. The molecule has 1 aromatic rings. The molecule has 1 amide bonds. The van der Waals surface area contributed by atoms with E-state index in [0.717, 1.165) is 19.3 Å². The summed E-state index contributed by atoms with van der Waals surface area (Å²) in [4.78, 5) is 48.6. The molecule has 0 aromatic carbocycles. The van der Waals surface area contributed by atoms with Crippen LogP contribution in [-0.2, 0) is 4.79 Å². The number of amides is 1. The number of isocyanates is 1. The molecule has 21 heavy (non-hydrogen) atoms. The molecule has 0 spiro atoms. The third-order valence-electron chi connectivity index (χ3n) is 2.65. The van der Waals surface area contributed by atoms with E-state index < -0.39 is 23.1 Å². The minimum Gasteiger partial charge on any atom is -0.337 e. The van der Waals surface area contributed by atoms with Crippen molar-refractivity contribution in [3.05, 3.63) is 32.9 Å². The zero-order chi connectivity index (χ0) is 15.7. The number of nitrogens with zero attached hydrogens (tertiary/aromatic N) is 2. The maximum Gasteiger partial charge on any atom is 0.336 e. The monoisotopic (exact) mass is 298 g/mol. The molecular formula is C12H15FN4O4. The van der Waals surface area contributed by atoms with E-state index >= 15 is 0 Å². The van der Waals surface area contributed by atoms with E-state index in [0.29, 0.717) is 30.3 Å². The predicted molar refractivity (Wildman–Crippen MR) is 71.5 cm³/mol. The van der Waals surface area contributed by atoms with Crippen LogP contribution in [-0.4, -0.2) is 34.8 Å². The van der Waals surface area contributed by atoms with E-state index in [4.69, 9.17) is 0 Å². The number of carbonyl (C=O) groups excluding carboxylic acids is 2. The van der Waals surface area contributed by atoms with Crippen LogP contribution in [0.4, 0.5) is 9.18 Å². The van der Waals surface area contributed by atoms with Gasteiger partial charge < -0.3 is 5.32 Å². The smallest absolute Gasteiger partial charge is 0.336 e. The van der Waals surface area contributed by atoms with Crippen molar-refractivity contribution < 1.29 is 14.0 Å². The zero-order valence-electron chi connectivity index (χ0n) is 11.2. The molecule has 1 aromatic heterocycles. The Labute approximate surface area is 118 Å². The van der Waals surface area contributed by atoms with Crippen LogP contribution in [0.5, 0.6) is 0 Å². The summed E-state index contributed by atoms with van der Waals surface area (Å²) in [6, 6.07) is -0.805. The first-order valence-electron chi connectivity index (χ1n) is 6.39. The van der Waals surface area contributed by atoms with E-state index in [-0.39, 0.29) is 0 Å². The van der Waals surface area contributed by atoms with E-state index in [9.17, 15) is 23.6 Å². The lowest BCUT2D eigenvalue weighted by molar-refractivity contribution is 0.240. The topological polar surface area (TPSA) is 113 Å². The van der Waals surface area contributed by atoms with Crippen molar-refractivity contribution in [2.24, 2.45) is 4.99 Å². The molecule has 0 unspecified atom stereocenters. The zero-order valence-corrected chi connectivity index (χ0v) is 11.2. The number of hydrogen-bond acceptors (Lipinski definition) is 5. The molecule has 0 fully saturated rings. The maximum atomic E-state index is 13.0. The van der Waals surface area contributed by atoms with E-state index in [1.54, 1.807) is 4.98 Å². The average Bonchev–Trinajstić information content (AvgIpc) is 2.45. The summed E-state index contributed by atoms with van der Waals surface area (Å²) in [5, 5.41) is 2.44. The van der Waals surface area contributed by atoms with Gasteiger partial charge in [-0.05, 0) is 12.8 Å². The van der Waals surface area contributed by atoms with Crippen LogP contribution in [0, 0.1) is 5.82 Å². The normalized spacial score (nSPS) is 9.95. The van der Waals surface area contributed by atoms with Gasteiger partial charge in [0, 0.05) is 6.54 Å². The Morgan fingerprint density at radius 1 is 1.33 bits per heavy atom. The van der Waals surface area contributed by atoms with Gasteiger partial charge in [-0.15, -0.1) is 0 Å². The minimum atomic E-state index is -1.21. The highest BCUT2D eigenvalue weighted by Crippen LogP contribution is 1.98. The molecule has 0 bridgehead atoms. The quantitative estimate of drug-likeness (QED) is 0.423. The van der Waals surface area contributed by atoms with E-state index in [2.05, 4.69) is 10.3 Å². The summed E-state index contributed by atoms with van der Waals surface area (Å²) >= 11 is 0. The fourth-order valence-electron chi connectivity index (χ4n) is 1.59. The Morgan fingerprint density at radius 2 is 2.05 bits per heavy atom. The number of carbonyl (C=O) groups is 1. The summed E-state index contributed by atoms with van der Waals surface area (Å²) in [5.74, 6) is -1.21. The number of nitrogens with one attached hydrogen (secondary N) is 2. The van der Waals surface area contributed by atoms with Crippen LogP contribution in [0.25, 0.3) is 0 Å². The fraction of sp³-hybridized carbons (Fsp3) is 0.500. The van der Waals surface area contributed by atoms with Gasteiger partial charge in [0.25, 0.3) is 5.56 Å². The number of aromatic nitrogens is 2. The lowest BCUT2D eigenvalue weighted by Crippen LogP contribution is -2.40. The van der Waals surface area contributed by atoms with Crippen LogP contribution in [0.2, 0.25) is 0 Å². The average molecular weight is 298 g/mol.